The molecule has 2 aromatic carbocycles. The minimum absolute atomic E-state index is 0.0988. The molecule has 0 amide bonds. The molecule has 2 rings (SSSR count). The molecule has 0 aliphatic rings. The number of esters is 1. The van der Waals surface area contributed by atoms with E-state index in [4.69, 9.17) is 5.26 Å². The Morgan fingerprint density at radius 1 is 1.15 bits per heavy atom. The van der Waals surface area contributed by atoms with E-state index in [1.54, 1.807) is 6.92 Å². The van der Waals surface area contributed by atoms with Gasteiger partial charge in [0.2, 0.25) is 10.0 Å². The first-order valence-corrected chi connectivity index (χ1v) is 9.15. The first kappa shape index (κ1) is 20.5. The largest absolute Gasteiger partial charge is 0.465 e. The Morgan fingerprint density at radius 3 is 2.19 bits per heavy atom. The molecule has 9 heteroatoms. The highest BCUT2D eigenvalue weighted by Crippen LogP contribution is 2.32. The molecular weight excluding hydrogens is 378 g/mol. The average Bonchev–Trinajstić information content (AvgIpc) is 2.66. The fraction of sp³-hybridized carbons (Fsp3) is 0.222. The lowest BCUT2D eigenvalue weighted by Gasteiger charge is -2.23. The number of aryl methyl sites for hydroxylation is 1. The van der Waals surface area contributed by atoms with Gasteiger partial charge in [0.15, 0.2) is 0 Å². The smallest absolute Gasteiger partial charge is 0.351 e. The van der Waals surface area contributed by atoms with Crippen molar-refractivity contribution in [2.75, 3.05) is 7.11 Å². The Morgan fingerprint density at radius 2 is 1.70 bits per heavy atom. The van der Waals surface area contributed by atoms with Gasteiger partial charge in [0.25, 0.3) is 0 Å². The van der Waals surface area contributed by atoms with E-state index in [1.807, 2.05) is 4.72 Å². The number of carbonyl (C=O) groups excluding carboxylic acids is 1. The zero-order chi connectivity index (χ0) is 20.2. The minimum atomic E-state index is -4.32. The number of ether oxygens (including phenoxy) is 1. The topological polar surface area (TPSA) is 96.3 Å². The van der Waals surface area contributed by atoms with Crippen LogP contribution in [0.3, 0.4) is 0 Å². The summed E-state index contributed by atoms with van der Waals surface area (Å²) in [7, 11) is -3.16. The van der Waals surface area contributed by atoms with Gasteiger partial charge in [-0.1, -0.05) is 29.8 Å². The number of halogens is 2. The number of rotatable bonds is 6. The van der Waals surface area contributed by atoms with Crippen LogP contribution in [0.1, 0.15) is 27.5 Å². The number of methoxy groups -OCH3 is 1. The molecule has 1 N–H and O–H groups in total. The van der Waals surface area contributed by atoms with Crippen LogP contribution in [-0.4, -0.2) is 27.4 Å². The molecule has 0 fully saturated rings. The summed E-state index contributed by atoms with van der Waals surface area (Å²) in [5, 5.41) is 8.80. The summed E-state index contributed by atoms with van der Waals surface area (Å²) in [5.41, 5.74) is 0.720. The van der Waals surface area contributed by atoms with Crippen LogP contribution in [-0.2, 0) is 14.8 Å². The first-order valence-electron chi connectivity index (χ1n) is 7.67. The monoisotopic (exact) mass is 394 g/mol. The number of nitrogens with zero attached hydrogens (tertiary/aromatic N) is 1. The molecule has 0 saturated carbocycles. The van der Waals surface area contributed by atoms with Crippen molar-refractivity contribution >= 4 is 16.0 Å². The van der Waals surface area contributed by atoms with Crippen LogP contribution < -0.4 is 4.72 Å². The third-order valence-electron chi connectivity index (χ3n) is 3.78. The molecule has 27 heavy (non-hydrogen) atoms. The van der Waals surface area contributed by atoms with E-state index in [0.29, 0.717) is 0 Å². The number of hydrogen-bond acceptors (Lipinski definition) is 5. The molecule has 0 aliphatic heterocycles. The molecule has 0 aromatic heterocycles. The van der Waals surface area contributed by atoms with E-state index in [-0.39, 0.29) is 16.0 Å². The molecular formula is C18H16F2N2O4S. The highest BCUT2D eigenvalue weighted by Gasteiger charge is 2.43. The number of hydrogen-bond donors (Lipinski definition) is 1. The van der Waals surface area contributed by atoms with E-state index in [9.17, 15) is 22.0 Å². The van der Waals surface area contributed by atoms with Crippen molar-refractivity contribution in [2.24, 2.45) is 0 Å². The fourth-order valence-corrected chi connectivity index (χ4v) is 3.51. The summed E-state index contributed by atoms with van der Waals surface area (Å²) in [6.45, 7) is 1.75. The van der Waals surface area contributed by atoms with Gasteiger partial charge in [0.1, 0.15) is 12.1 Å². The summed E-state index contributed by atoms with van der Waals surface area (Å²) >= 11 is 0. The lowest BCUT2D eigenvalue weighted by atomic mass is 10.0. The summed E-state index contributed by atoms with van der Waals surface area (Å²) in [4.78, 5) is 11.2. The van der Waals surface area contributed by atoms with Crippen molar-refractivity contribution in [3.8, 4) is 6.07 Å². The van der Waals surface area contributed by atoms with Crippen LogP contribution in [0, 0.1) is 18.3 Å². The van der Waals surface area contributed by atoms with Crippen LogP contribution >= 0.6 is 0 Å². The summed E-state index contributed by atoms with van der Waals surface area (Å²) < 4.78 is 59.7. The molecule has 0 radical (unpaired) electrons. The van der Waals surface area contributed by atoms with E-state index in [0.717, 1.165) is 23.8 Å². The normalized spacial score (nSPS) is 12.9. The fourth-order valence-electron chi connectivity index (χ4n) is 2.29. The van der Waals surface area contributed by atoms with Gasteiger partial charge in [-0.3, -0.25) is 0 Å². The second-order valence-electron chi connectivity index (χ2n) is 5.72. The summed E-state index contributed by atoms with van der Waals surface area (Å²) in [5.74, 6) is -4.70. The summed E-state index contributed by atoms with van der Waals surface area (Å²) in [6.07, 6.45) is 0. The van der Waals surface area contributed by atoms with Crippen molar-refractivity contribution in [1.29, 1.82) is 5.26 Å². The Bertz CT molecular complexity index is 966. The molecule has 142 valence electrons. The van der Waals surface area contributed by atoms with Crippen molar-refractivity contribution in [3.05, 3.63) is 65.2 Å². The first-order chi connectivity index (χ1) is 12.6. The molecule has 0 spiro atoms. The minimum Gasteiger partial charge on any atom is -0.465 e. The summed E-state index contributed by atoms with van der Waals surface area (Å²) in [6, 6.07) is 8.98. The molecule has 1 atom stereocenters. The molecule has 1 unspecified atom stereocenters. The second kappa shape index (κ2) is 7.82. The van der Waals surface area contributed by atoms with E-state index in [1.165, 1.54) is 43.5 Å². The zero-order valence-electron chi connectivity index (χ0n) is 14.4. The lowest BCUT2D eigenvalue weighted by molar-refractivity contribution is 0.0280. The predicted octanol–water partition coefficient (Wildman–Crippen LogP) is 2.96. The Balaban J connectivity index is 2.43. The van der Waals surface area contributed by atoms with Crippen molar-refractivity contribution < 1.29 is 26.7 Å². The SMILES string of the molecule is COC(=O)c1ccc(C(NS(=O)(=O)c2ccc(C)cc2)C(F)(F)C#N)cc1. The second-order valence-corrected chi connectivity index (χ2v) is 7.43. The van der Waals surface area contributed by atoms with Crippen molar-refractivity contribution in [2.45, 2.75) is 23.8 Å². The lowest BCUT2D eigenvalue weighted by Crippen LogP contribution is -2.39. The Kier molecular flexibility index (Phi) is 5.93. The van der Waals surface area contributed by atoms with Crippen molar-refractivity contribution in [3.63, 3.8) is 0 Å². The Labute approximate surface area is 155 Å². The van der Waals surface area contributed by atoms with Gasteiger partial charge in [-0.05, 0) is 36.8 Å². The highest BCUT2D eigenvalue weighted by atomic mass is 32.2. The molecule has 6 nitrogen and oxygen atoms in total. The average molecular weight is 394 g/mol. The zero-order valence-corrected chi connectivity index (χ0v) is 15.3. The van der Waals surface area contributed by atoms with E-state index < -0.39 is 28.0 Å². The third-order valence-corrected chi connectivity index (χ3v) is 5.22. The number of alkyl halides is 2. The van der Waals surface area contributed by atoms with Gasteiger partial charge in [-0.2, -0.15) is 18.8 Å². The highest BCUT2D eigenvalue weighted by molar-refractivity contribution is 7.89. The van der Waals surface area contributed by atoms with Crippen LogP contribution in [0.4, 0.5) is 8.78 Å². The maximum atomic E-state index is 14.2. The third kappa shape index (κ3) is 4.67. The number of carbonyl (C=O) groups is 1. The quantitative estimate of drug-likeness (QED) is 0.760. The van der Waals surface area contributed by atoms with Crippen LogP contribution in [0.25, 0.3) is 0 Å². The van der Waals surface area contributed by atoms with Gasteiger partial charge in [-0.15, -0.1) is 0 Å². The van der Waals surface area contributed by atoms with Crippen molar-refractivity contribution in [1.82, 2.24) is 4.72 Å². The number of nitriles is 1. The van der Waals surface area contributed by atoms with Gasteiger partial charge in [0, 0.05) is 0 Å². The maximum absolute atomic E-state index is 14.2. The molecule has 0 saturated heterocycles. The van der Waals surface area contributed by atoms with Crippen LogP contribution in [0.15, 0.2) is 53.4 Å². The number of sulfonamides is 1. The van der Waals surface area contributed by atoms with Gasteiger partial charge in [-0.25, -0.2) is 13.2 Å². The van der Waals surface area contributed by atoms with Gasteiger partial charge in [0.05, 0.1) is 17.6 Å². The number of nitrogens with one attached hydrogen (secondary N) is 1. The van der Waals surface area contributed by atoms with Gasteiger partial charge >= 0.3 is 11.9 Å². The number of benzene rings is 2. The molecule has 0 heterocycles. The van der Waals surface area contributed by atoms with Crippen LogP contribution in [0.2, 0.25) is 0 Å². The standard InChI is InChI=1S/C18H16F2N2O4S/c1-12-3-9-15(10-4-12)27(24,25)22-16(18(19,20)11-21)13-5-7-14(8-6-13)17(23)26-2/h3-10,16,22H,1-2H3. The maximum Gasteiger partial charge on any atom is 0.351 e. The molecule has 0 aliphatic carbocycles. The van der Waals surface area contributed by atoms with Gasteiger partial charge < -0.3 is 4.74 Å². The van der Waals surface area contributed by atoms with Crippen LogP contribution in [0.5, 0.6) is 0 Å². The molecule has 0 bridgehead atoms. The van der Waals surface area contributed by atoms with E-state index >= 15 is 0 Å². The predicted molar refractivity (Wildman–Crippen MR) is 92.6 cm³/mol. The Hall–Kier alpha value is -2.83. The van der Waals surface area contributed by atoms with E-state index in [2.05, 4.69) is 4.74 Å². The molecule has 2 aromatic rings.